The number of hydrogen-bond acceptors (Lipinski definition) is 5. The molecule has 0 saturated heterocycles. The van der Waals surface area contributed by atoms with Gasteiger partial charge in [-0.1, -0.05) is 24.6 Å². The van der Waals surface area contributed by atoms with E-state index in [4.69, 9.17) is 17.0 Å². The molecule has 3 N–H and O–H groups in total. The Kier molecular flexibility index (Phi) is 8.96. The van der Waals surface area contributed by atoms with E-state index < -0.39 is 5.97 Å². The van der Waals surface area contributed by atoms with Gasteiger partial charge in [0, 0.05) is 23.4 Å². The van der Waals surface area contributed by atoms with Gasteiger partial charge in [-0.15, -0.1) is 0 Å². The molecule has 0 atom stereocenters. The molecule has 0 bridgehead atoms. The molecule has 158 valence electrons. The van der Waals surface area contributed by atoms with Crippen LogP contribution < -0.4 is 16.0 Å². The number of hydrogen-bond donors (Lipinski definition) is 3. The van der Waals surface area contributed by atoms with Crippen molar-refractivity contribution in [1.82, 2.24) is 5.32 Å². The molecule has 0 saturated carbocycles. The normalized spacial score (nSPS) is 10.1. The summed E-state index contributed by atoms with van der Waals surface area (Å²) < 4.78 is 4.92. The number of aryl methyl sites for hydroxylation is 1. The molecule has 2 amide bonds. The monoisotopic (exact) mass is 427 g/mol. The number of anilines is 2. The summed E-state index contributed by atoms with van der Waals surface area (Å²) >= 11 is 5.11. The average Bonchev–Trinajstić information content (AvgIpc) is 2.72. The first kappa shape index (κ1) is 23.0. The lowest BCUT2D eigenvalue weighted by Gasteiger charge is -2.11. The van der Waals surface area contributed by atoms with Gasteiger partial charge in [-0.2, -0.15) is 0 Å². The Labute approximate surface area is 181 Å². The summed E-state index contributed by atoms with van der Waals surface area (Å²) in [5.41, 5.74) is 2.87. The highest BCUT2D eigenvalue weighted by molar-refractivity contribution is 7.80. The van der Waals surface area contributed by atoms with Crippen LogP contribution in [0, 0.1) is 6.92 Å². The summed E-state index contributed by atoms with van der Waals surface area (Å²) in [6.45, 7) is 4.17. The SMILES string of the molecule is CCCOC(=O)CCC(=O)NC(=S)Nc1ccc(NC(=O)c2cccc(C)c2)cc1. The molecule has 2 aromatic rings. The molecule has 0 fully saturated rings. The number of carbonyl (C=O) groups excluding carboxylic acids is 3. The maximum Gasteiger partial charge on any atom is 0.306 e. The fraction of sp³-hybridized carbons (Fsp3) is 0.273. The van der Waals surface area contributed by atoms with Gasteiger partial charge in [-0.05, 0) is 62.0 Å². The van der Waals surface area contributed by atoms with E-state index in [0.717, 1.165) is 12.0 Å². The molecular formula is C22H25N3O4S. The van der Waals surface area contributed by atoms with Gasteiger partial charge in [0.15, 0.2) is 5.11 Å². The van der Waals surface area contributed by atoms with Crippen LogP contribution >= 0.6 is 12.2 Å². The van der Waals surface area contributed by atoms with E-state index in [1.165, 1.54) is 0 Å². The molecule has 0 aliphatic heterocycles. The highest BCUT2D eigenvalue weighted by atomic mass is 32.1. The number of esters is 1. The fourth-order valence-corrected chi connectivity index (χ4v) is 2.71. The zero-order chi connectivity index (χ0) is 21.9. The number of nitrogens with one attached hydrogen (secondary N) is 3. The van der Waals surface area contributed by atoms with E-state index in [-0.39, 0.29) is 29.8 Å². The maximum absolute atomic E-state index is 12.3. The largest absolute Gasteiger partial charge is 0.466 e. The van der Waals surface area contributed by atoms with E-state index in [9.17, 15) is 14.4 Å². The third-order valence-corrected chi connectivity index (χ3v) is 4.16. The summed E-state index contributed by atoms with van der Waals surface area (Å²) in [5.74, 6) is -0.975. The molecular weight excluding hydrogens is 402 g/mol. The molecule has 0 aliphatic carbocycles. The molecule has 0 aromatic heterocycles. The minimum Gasteiger partial charge on any atom is -0.466 e. The summed E-state index contributed by atoms with van der Waals surface area (Å²) in [6, 6.07) is 14.2. The summed E-state index contributed by atoms with van der Waals surface area (Å²) in [6.07, 6.45) is 0.735. The van der Waals surface area contributed by atoms with Crippen LogP contribution in [0.25, 0.3) is 0 Å². The molecule has 2 aromatic carbocycles. The van der Waals surface area contributed by atoms with Crippen LogP contribution in [-0.2, 0) is 14.3 Å². The van der Waals surface area contributed by atoms with Crippen LogP contribution in [0.3, 0.4) is 0 Å². The Morgan fingerprint density at radius 3 is 2.27 bits per heavy atom. The van der Waals surface area contributed by atoms with Gasteiger partial charge in [-0.3, -0.25) is 14.4 Å². The van der Waals surface area contributed by atoms with Gasteiger partial charge in [0.2, 0.25) is 5.91 Å². The van der Waals surface area contributed by atoms with E-state index >= 15 is 0 Å². The van der Waals surface area contributed by atoms with Gasteiger partial charge >= 0.3 is 5.97 Å². The van der Waals surface area contributed by atoms with Crippen LogP contribution in [0.1, 0.15) is 42.1 Å². The molecule has 0 unspecified atom stereocenters. The average molecular weight is 428 g/mol. The maximum atomic E-state index is 12.3. The Morgan fingerprint density at radius 2 is 1.63 bits per heavy atom. The first-order chi connectivity index (χ1) is 14.4. The number of carbonyl (C=O) groups is 3. The second-order valence-electron chi connectivity index (χ2n) is 6.62. The Hall–Kier alpha value is -3.26. The Balaban J connectivity index is 1.79. The molecule has 7 nitrogen and oxygen atoms in total. The molecule has 30 heavy (non-hydrogen) atoms. The second-order valence-corrected chi connectivity index (χ2v) is 7.03. The third kappa shape index (κ3) is 8.00. The van der Waals surface area contributed by atoms with E-state index in [1.807, 2.05) is 32.0 Å². The predicted molar refractivity (Wildman–Crippen MR) is 120 cm³/mol. The van der Waals surface area contributed by atoms with E-state index in [2.05, 4.69) is 16.0 Å². The van der Waals surface area contributed by atoms with Crippen LogP contribution in [0.5, 0.6) is 0 Å². The van der Waals surface area contributed by atoms with Crippen molar-refractivity contribution in [2.24, 2.45) is 0 Å². The Bertz CT molecular complexity index is 913. The van der Waals surface area contributed by atoms with Crippen molar-refractivity contribution in [3.05, 3.63) is 59.7 Å². The summed E-state index contributed by atoms with van der Waals surface area (Å²) in [5, 5.41) is 8.35. The lowest BCUT2D eigenvalue weighted by molar-refractivity contribution is -0.144. The van der Waals surface area contributed by atoms with Gasteiger partial charge in [0.05, 0.1) is 13.0 Å². The van der Waals surface area contributed by atoms with Crippen LogP contribution in [0.2, 0.25) is 0 Å². The number of rotatable bonds is 8. The molecule has 0 radical (unpaired) electrons. The second kappa shape index (κ2) is 11.7. The van der Waals surface area contributed by atoms with Gasteiger partial charge in [0.25, 0.3) is 5.91 Å². The quantitative estimate of drug-likeness (QED) is 0.438. The van der Waals surface area contributed by atoms with E-state index in [1.54, 1.807) is 30.3 Å². The van der Waals surface area contributed by atoms with Crippen molar-refractivity contribution < 1.29 is 19.1 Å². The highest BCUT2D eigenvalue weighted by Crippen LogP contribution is 2.15. The van der Waals surface area contributed by atoms with Crippen molar-refractivity contribution in [2.75, 3.05) is 17.2 Å². The molecule has 0 heterocycles. The lowest BCUT2D eigenvalue weighted by Crippen LogP contribution is -2.34. The first-order valence-electron chi connectivity index (χ1n) is 9.62. The molecule has 2 rings (SSSR count). The van der Waals surface area contributed by atoms with E-state index in [0.29, 0.717) is 23.5 Å². The van der Waals surface area contributed by atoms with Gasteiger partial charge < -0.3 is 20.7 Å². The topological polar surface area (TPSA) is 96.5 Å². The van der Waals surface area contributed by atoms with Crippen molar-refractivity contribution in [2.45, 2.75) is 33.1 Å². The minimum absolute atomic E-state index is 0.00375. The van der Waals surface area contributed by atoms with Crippen molar-refractivity contribution in [3.8, 4) is 0 Å². The first-order valence-corrected chi connectivity index (χ1v) is 10.0. The number of amides is 2. The standard InChI is InChI=1S/C22H25N3O4S/c1-3-13-29-20(27)12-11-19(26)25-22(30)24-18-9-7-17(8-10-18)23-21(28)16-6-4-5-15(2)14-16/h4-10,14H,3,11-13H2,1-2H3,(H,23,28)(H2,24,25,26,30). The fourth-order valence-electron chi connectivity index (χ4n) is 2.48. The minimum atomic E-state index is -0.408. The molecule has 8 heteroatoms. The molecule has 0 aliphatic rings. The summed E-state index contributed by atoms with van der Waals surface area (Å²) in [7, 11) is 0. The van der Waals surface area contributed by atoms with Gasteiger partial charge in [-0.25, -0.2) is 0 Å². The van der Waals surface area contributed by atoms with Crippen molar-refractivity contribution in [1.29, 1.82) is 0 Å². The molecule has 0 spiro atoms. The predicted octanol–water partition coefficient (Wildman–Crippen LogP) is 3.79. The van der Waals surface area contributed by atoms with Crippen molar-refractivity contribution >= 4 is 46.5 Å². The van der Waals surface area contributed by atoms with Crippen LogP contribution in [-0.4, -0.2) is 29.5 Å². The zero-order valence-corrected chi connectivity index (χ0v) is 17.8. The summed E-state index contributed by atoms with van der Waals surface area (Å²) in [4.78, 5) is 35.6. The zero-order valence-electron chi connectivity index (χ0n) is 17.0. The highest BCUT2D eigenvalue weighted by Gasteiger charge is 2.10. The third-order valence-electron chi connectivity index (χ3n) is 3.96. The number of thiocarbonyl (C=S) groups is 1. The smallest absolute Gasteiger partial charge is 0.306 e. The lowest BCUT2D eigenvalue weighted by atomic mass is 10.1. The van der Waals surface area contributed by atoms with Crippen LogP contribution in [0.4, 0.5) is 11.4 Å². The number of ether oxygens (including phenoxy) is 1. The van der Waals surface area contributed by atoms with Crippen LogP contribution in [0.15, 0.2) is 48.5 Å². The Morgan fingerprint density at radius 1 is 0.967 bits per heavy atom. The van der Waals surface area contributed by atoms with Crippen molar-refractivity contribution in [3.63, 3.8) is 0 Å². The van der Waals surface area contributed by atoms with Gasteiger partial charge in [0.1, 0.15) is 0 Å². The number of benzene rings is 2.